The molecule has 1 fully saturated rings. The number of Topliss-reactive ketones (excluding diaryl/α,β-unsaturated/α-hetero) is 1. The molecule has 0 heterocycles. The molecule has 3 rings (SSSR count). The van der Waals surface area contributed by atoms with Gasteiger partial charge in [0.05, 0.1) is 0 Å². The summed E-state index contributed by atoms with van der Waals surface area (Å²) in [6.07, 6.45) is -4.70. The van der Waals surface area contributed by atoms with Crippen LogP contribution in [0, 0.1) is 5.92 Å². The molecule has 0 aromatic heterocycles. The third-order valence-electron chi connectivity index (χ3n) is 5.45. The Morgan fingerprint density at radius 2 is 1.41 bits per heavy atom. The molecule has 1 aliphatic carbocycles. The number of carbonyl (C=O) groups is 1. The zero-order valence-corrected chi connectivity index (χ0v) is 16.0. The Morgan fingerprint density at radius 1 is 0.963 bits per heavy atom. The summed E-state index contributed by atoms with van der Waals surface area (Å²) < 4.78 is 58.1. The molecule has 2 nitrogen and oxygen atoms in total. The van der Waals surface area contributed by atoms with Crippen LogP contribution in [0.3, 0.4) is 0 Å². The van der Waals surface area contributed by atoms with E-state index in [9.17, 15) is 22.5 Å². The molecule has 144 valence electrons. The Bertz CT molecular complexity index is 801. The molecule has 1 aliphatic rings. The molecule has 0 amide bonds. The van der Waals surface area contributed by atoms with E-state index < -0.39 is 37.1 Å². The number of alkyl halides is 3. The minimum atomic E-state index is -4.78. The van der Waals surface area contributed by atoms with Crippen molar-refractivity contribution < 1.29 is 22.5 Å². The summed E-state index contributed by atoms with van der Waals surface area (Å²) in [5.74, 6) is -0.750. The van der Waals surface area contributed by atoms with Crippen LogP contribution in [-0.4, -0.2) is 17.1 Å². The second-order valence-electron chi connectivity index (χ2n) is 7.08. The Hall–Kier alpha value is -1.87. The van der Waals surface area contributed by atoms with Gasteiger partial charge in [-0.1, -0.05) is 67.6 Å². The van der Waals surface area contributed by atoms with Crippen molar-refractivity contribution in [2.75, 3.05) is 0 Å². The van der Waals surface area contributed by atoms with Gasteiger partial charge in [-0.2, -0.15) is 13.2 Å². The van der Waals surface area contributed by atoms with Crippen molar-refractivity contribution in [2.24, 2.45) is 5.92 Å². The van der Waals surface area contributed by atoms with E-state index in [1.54, 1.807) is 36.4 Å². The molecule has 0 aliphatic heterocycles. The van der Waals surface area contributed by atoms with E-state index in [4.69, 9.17) is 0 Å². The standard InChI is InChI=1S/C21H22F3O2P/c1-2-20(21(22,23)24,15-19(25)16-13-14-16)27(26,17-9-5-3-6-10-17)18-11-7-4-8-12-18/h3-12,16H,2,13-15H2,1H3. The van der Waals surface area contributed by atoms with Crippen molar-refractivity contribution in [1.82, 2.24) is 0 Å². The fourth-order valence-corrected chi connectivity index (χ4v) is 7.35. The van der Waals surface area contributed by atoms with Crippen LogP contribution in [0.25, 0.3) is 0 Å². The first kappa shape index (κ1) is 19.9. The smallest absolute Gasteiger partial charge is 0.313 e. The van der Waals surface area contributed by atoms with E-state index in [1.807, 2.05) is 0 Å². The molecule has 0 radical (unpaired) electrons. The van der Waals surface area contributed by atoms with Gasteiger partial charge in [-0.15, -0.1) is 0 Å². The van der Waals surface area contributed by atoms with E-state index in [0.29, 0.717) is 12.8 Å². The quantitative estimate of drug-likeness (QED) is 0.614. The van der Waals surface area contributed by atoms with Gasteiger partial charge in [0.2, 0.25) is 0 Å². The van der Waals surface area contributed by atoms with Gasteiger partial charge in [0, 0.05) is 22.9 Å². The Balaban J connectivity index is 2.28. The first-order chi connectivity index (χ1) is 12.8. The zero-order valence-electron chi connectivity index (χ0n) is 15.1. The summed E-state index contributed by atoms with van der Waals surface area (Å²) in [5, 5.41) is -2.33. The molecule has 1 atom stereocenters. The number of carbonyl (C=O) groups excluding carboxylic acids is 1. The average molecular weight is 394 g/mol. The van der Waals surface area contributed by atoms with Crippen LogP contribution in [0.5, 0.6) is 0 Å². The molecule has 0 saturated heterocycles. The SMILES string of the molecule is CCC(CC(=O)C1CC1)(C(F)(F)F)P(=O)(c1ccccc1)c1ccccc1. The highest BCUT2D eigenvalue weighted by molar-refractivity contribution is 7.80. The lowest BCUT2D eigenvalue weighted by molar-refractivity contribution is -0.168. The summed E-state index contributed by atoms with van der Waals surface area (Å²) in [6.45, 7) is 1.38. The molecule has 1 saturated carbocycles. The van der Waals surface area contributed by atoms with Crippen molar-refractivity contribution >= 4 is 23.5 Å². The Labute approximate surface area is 157 Å². The van der Waals surface area contributed by atoms with Crippen molar-refractivity contribution in [3.05, 3.63) is 60.7 Å². The summed E-state index contributed by atoms with van der Waals surface area (Å²) in [6, 6.07) is 15.6. The zero-order chi connectivity index (χ0) is 19.7. The first-order valence-electron chi connectivity index (χ1n) is 9.07. The first-order valence-corrected chi connectivity index (χ1v) is 10.8. The molecule has 2 aromatic carbocycles. The Morgan fingerprint density at radius 3 is 1.74 bits per heavy atom. The van der Waals surface area contributed by atoms with E-state index in [0.717, 1.165) is 0 Å². The van der Waals surface area contributed by atoms with E-state index >= 15 is 0 Å². The number of rotatable bonds is 7. The maximum absolute atomic E-state index is 14.6. The van der Waals surface area contributed by atoms with Crippen LogP contribution >= 0.6 is 7.14 Å². The molecule has 6 heteroatoms. The highest BCUT2D eigenvalue weighted by Crippen LogP contribution is 2.66. The van der Waals surface area contributed by atoms with Crippen molar-refractivity contribution in [2.45, 2.75) is 43.9 Å². The van der Waals surface area contributed by atoms with Gasteiger partial charge in [-0.25, -0.2) is 0 Å². The average Bonchev–Trinajstić information content (AvgIpc) is 3.51. The predicted octanol–water partition coefficient (Wildman–Crippen LogP) is 5.08. The van der Waals surface area contributed by atoms with Crippen LogP contribution in [-0.2, 0) is 9.36 Å². The molecule has 0 N–H and O–H groups in total. The second kappa shape index (κ2) is 7.27. The van der Waals surface area contributed by atoms with Gasteiger partial charge in [0.1, 0.15) is 10.9 Å². The maximum atomic E-state index is 14.6. The number of hydrogen-bond acceptors (Lipinski definition) is 2. The van der Waals surface area contributed by atoms with Gasteiger partial charge in [0.15, 0.2) is 7.14 Å². The van der Waals surface area contributed by atoms with Gasteiger partial charge in [0.25, 0.3) is 0 Å². The molecular weight excluding hydrogens is 372 g/mol. The summed E-state index contributed by atoms with van der Waals surface area (Å²) in [7, 11) is -4.20. The number of halogens is 3. The number of hydrogen-bond donors (Lipinski definition) is 0. The molecule has 0 spiro atoms. The Kier molecular flexibility index (Phi) is 5.36. The highest BCUT2D eigenvalue weighted by Gasteiger charge is 2.66. The lowest BCUT2D eigenvalue weighted by Crippen LogP contribution is -2.51. The lowest BCUT2D eigenvalue weighted by atomic mass is 9.95. The van der Waals surface area contributed by atoms with Gasteiger partial charge < -0.3 is 4.57 Å². The van der Waals surface area contributed by atoms with Gasteiger partial charge in [-0.05, 0) is 19.3 Å². The normalized spacial score (nSPS) is 17.3. The summed E-state index contributed by atoms with van der Waals surface area (Å²) in [4.78, 5) is 12.5. The minimum Gasteiger partial charge on any atom is -0.313 e. The third-order valence-corrected chi connectivity index (χ3v) is 9.44. The lowest BCUT2D eigenvalue weighted by Gasteiger charge is -2.41. The van der Waals surface area contributed by atoms with Crippen molar-refractivity contribution in [3.8, 4) is 0 Å². The fourth-order valence-electron chi connectivity index (χ4n) is 3.70. The predicted molar refractivity (Wildman–Crippen MR) is 101 cm³/mol. The molecule has 0 bridgehead atoms. The molecule has 27 heavy (non-hydrogen) atoms. The van der Waals surface area contributed by atoms with Crippen LogP contribution in [0.4, 0.5) is 13.2 Å². The van der Waals surface area contributed by atoms with Crippen molar-refractivity contribution in [3.63, 3.8) is 0 Å². The molecular formula is C21H22F3O2P. The fraction of sp³-hybridized carbons (Fsp3) is 0.381. The van der Waals surface area contributed by atoms with E-state index in [-0.39, 0.29) is 16.5 Å². The number of benzene rings is 2. The highest BCUT2D eigenvalue weighted by atomic mass is 31.2. The summed E-state index contributed by atoms with van der Waals surface area (Å²) in [5.41, 5.74) is 0. The van der Waals surface area contributed by atoms with Gasteiger partial charge in [-0.3, -0.25) is 4.79 Å². The maximum Gasteiger partial charge on any atom is 0.402 e. The van der Waals surface area contributed by atoms with E-state index in [1.165, 1.54) is 31.2 Å². The van der Waals surface area contributed by atoms with E-state index in [2.05, 4.69) is 0 Å². The van der Waals surface area contributed by atoms with Crippen molar-refractivity contribution in [1.29, 1.82) is 0 Å². The monoisotopic (exact) mass is 394 g/mol. The van der Waals surface area contributed by atoms with Gasteiger partial charge >= 0.3 is 6.18 Å². The molecule has 2 aromatic rings. The minimum absolute atomic E-state index is 0.138. The largest absolute Gasteiger partial charge is 0.402 e. The second-order valence-corrected chi connectivity index (χ2v) is 10.2. The van der Waals surface area contributed by atoms with Crippen LogP contribution in [0.2, 0.25) is 0 Å². The molecule has 1 unspecified atom stereocenters. The van der Waals surface area contributed by atoms with Crippen LogP contribution in [0.15, 0.2) is 60.7 Å². The topological polar surface area (TPSA) is 34.1 Å². The summed E-state index contributed by atoms with van der Waals surface area (Å²) >= 11 is 0. The van der Waals surface area contributed by atoms with Crippen LogP contribution < -0.4 is 10.6 Å². The third kappa shape index (κ3) is 3.38. The van der Waals surface area contributed by atoms with Crippen LogP contribution in [0.1, 0.15) is 32.6 Å². The number of ketones is 1.